The van der Waals surface area contributed by atoms with E-state index in [4.69, 9.17) is 16.2 Å². The van der Waals surface area contributed by atoms with Gasteiger partial charge in [0.2, 0.25) is 5.91 Å². The van der Waals surface area contributed by atoms with Crippen LogP contribution in [0.1, 0.15) is 36.8 Å². The van der Waals surface area contributed by atoms with Gasteiger partial charge in [-0.1, -0.05) is 60.7 Å². The molecule has 2 amide bonds. The van der Waals surface area contributed by atoms with E-state index >= 15 is 0 Å². The lowest BCUT2D eigenvalue weighted by Gasteiger charge is -2.16. The molecule has 1 unspecified atom stereocenters. The molecule has 0 spiro atoms. The van der Waals surface area contributed by atoms with E-state index in [1.807, 2.05) is 60.7 Å². The quantitative estimate of drug-likeness (QED) is 0.426. The van der Waals surface area contributed by atoms with Crippen molar-refractivity contribution >= 4 is 17.8 Å². The van der Waals surface area contributed by atoms with Gasteiger partial charge >= 0.3 is 6.09 Å². The van der Waals surface area contributed by atoms with Gasteiger partial charge in [0.05, 0.1) is 6.04 Å². The van der Waals surface area contributed by atoms with Crippen molar-refractivity contribution in [1.82, 2.24) is 5.32 Å². The average molecular weight is 426 g/mol. The molecule has 2 atom stereocenters. The van der Waals surface area contributed by atoms with Gasteiger partial charge < -0.3 is 21.5 Å². The zero-order valence-corrected chi connectivity index (χ0v) is 17.7. The summed E-state index contributed by atoms with van der Waals surface area (Å²) in [5.74, 6) is -1.24. The molecule has 2 aromatic carbocycles. The minimum Gasteiger partial charge on any atom is -0.445 e. The summed E-state index contributed by atoms with van der Waals surface area (Å²) >= 11 is 0. The molecule has 0 radical (unpaired) electrons. The van der Waals surface area contributed by atoms with Crippen molar-refractivity contribution in [2.45, 2.75) is 44.8 Å². The molecule has 2 rings (SSSR count). The van der Waals surface area contributed by atoms with Crippen molar-refractivity contribution in [1.29, 1.82) is 0 Å². The highest BCUT2D eigenvalue weighted by atomic mass is 16.5. The molecule has 0 saturated heterocycles. The predicted octanol–water partition coefficient (Wildman–Crippen LogP) is 2.71. The van der Waals surface area contributed by atoms with E-state index in [0.29, 0.717) is 32.2 Å². The predicted molar refractivity (Wildman–Crippen MR) is 119 cm³/mol. The Morgan fingerprint density at radius 3 is 2.13 bits per heavy atom. The molecule has 0 aromatic heterocycles. The Balaban J connectivity index is 1.62. The summed E-state index contributed by atoms with van der Waals surface area (Å²) in [6.45, 7) is 0.655. The molecular formula is C24H31N3O4. The van der Waals surface area contributed by atoms with Crippen LogP contribution < -0.4 is 16.8 Å². The number of primary amides is 1. The summed E-state index contributed by atoms with van der Waals surface area (Å²) in [5.41, 5.74) is 13.4. The fourth-order valence-electron chi connectivity index (χ4n) is 3.18. The second-order valence-corrected chi connectivity index (χ2v) is 7.55. The number of ketones is 1. The lowest BCUT2D eigenvalue weighted by atomic mass is 9.90. The van der Waals surface area contributed by atoms with Crippen LogP contribution in [0.5, 0.6) is 0 Å². The number of carbonyl (C=O) groups excluding carboxylic acids is 3. The van der Waals surface area contributed by atoms with Crippen molar-refractivity contribution in [3.05, 3.63) is 71.8 Å². The maximum absolute atomic E-state index is 12.4. The van der Waals surface area contributed by atoms with Gasteiger partial charge in [-0.3, -0.25) is 9.59 Å². The van der Waals surface area contributed by atoms with E-state index < -0.39 is 24.0 Å². The smallest absolute Gasteiger partial charge is 0.407 e. The van der Waals surface area contributed by atoms with Crippen molar-refractivity contribution < 1.29 is 19.1 Å². The number of carbonyl (C=O) groups is 3. The molecule has 0 aliphatic carbocycles. The summed E-state index contributed by atoms with van der Waals surface area (Å²) in [6.07, 6.45) is 1.81. The first-order valence-electron chi connectivity index (χ1n) is 10.5. The highest BCUT2D eigenvalue weighted by molar-refractivity contribution is 5.89. The number of hydrogen-bond donors (Lipinski definition) is 3. The molecular weight excluding hydrogens is 394 g/mol. The summed E-state index contributed by atoms with van der Waals surface area (Å²) in [7, 11) is 0. The van der Waals surface area contributed by atoms with E-state index in [1.54, 1.807) is 0 Å². The largest absolute Gasteiger partial charge is 0.445 e. The third-order valence-electron chi connectivity index (χ3n) is 5.01. The maximum Gasteiger partial charge on any atom is 0.407 e. The molecule has 0 saturated carbocycles. The maximum atomic E-state index is 12.4. The first kappa shape index (κ1) is 24.1. The standard InChI is InChI=1S/C24H31N3O4/c25-21(22(28)16-20(23(26)29)15-18-9-3-1-4-10-18)13-7-8-14-27-24(30)31-17-19-11-5-2-6-12-19/h1-6,9-12,20-21H,7-8,13-17,25H2,(H2,26,29)(H,27,30)/t20?,21-/m0/s1. The van der Waals surface area contributed by atoms with E-state index in [-0.39, 0.29) is 18.8 Å². The van der Waals surface area contributed by atoms with Gasteiger partial charge in [0, 0.05) is 18.9 Å². The highest BCUT2D eigenvalue weighted by Gasteiger charge is 2.23. The Bertz CT molecular complexity index is 827. The van der Waals surface area contributed by atoms with Crippen LogP contribution in [-0.2, 0) is 27.4 Å². The molecule has 7 nitrogen and oxygen atoms in total. The van der Waals surface area contributed by atoms with Gasteiger partial charge in [-0.25, -0.2) is 4.79 Å². The van der Waals surface area contributed by atoms with Crippen molar-refractivity contribution in [2.75, 3.05) is 6.54 Å². The number of nitrogens with two attached hydrogens (primary N) is 2. The molecule has 0 bridgehead atoms. The first-order valence-corrected chi connectivity index (χ1v) is 10.5. The van der Waals surface area contributed by atoms with E-state index in [9.17, 15) is 14.4 Å². The number of Topliss-reactive ketones (excluding diaryl/α,β-unsaturated/α-hetero) is 1. The minimum absolute atomic E-state index is 0.0372. The average Bonchev–Trinajstić information content (AvgIpc) is 2.78. The topological polar surface area (TPSA) is 125 Å². The third-order valence-corrected chi connectivity index (χ3v) is 5.01. The fraction of sp³-hybridized carbons (Fsp3) is 0.375. The summed E-state index contributed by atoms with van der Waals surface area (Å²) in [6, 6.07) is 18.2. The molecule has 31 heavy (non-hydrogen) atoms. The Kier molecular flexibility index (Phi) is 10.2. The van der Waals surface area contributed by atoms with E-state index in [2.05, 4.69) is 5.32 Å². The van der Waals surface area contributed by atoms with Gasteiger partial charge in [-0.05, 0) is 36.8 Å². The molecule has 5 N–H and O–H groups in total. The van der Waals surface area contributed by atoms with Gasteiger partial charge in [0.25, 0.3) is 0 Å². The Morgan fingerprint density at radius 1 is 0.903 bits per heavy atom. The van der Waals surface area contributed by atoms with Crippen LogP contribution in [0.2, 0.25) is 0 Å². The molecule has 0 heterocycles. The van der Waals surface area contributed by atoms with Crippen LogP contribution in [0.4, 0.5) is 4.79 Å². The Hall–Kier alpha value is -3.19. The molecule has 7 heteroatoms. The first-order chi connectivity index (χ1) is 15.0. The highest BCUT2D eigenvalue weighted by Crippen LogP contribution is 2.14. The molecule has 0 fully saturated rings. The number of alkyl carbamates (subject to hydrolysis) is 1. The van der Waals surface area contributed by atoms with E-state index in [1.165, 1.54) is 0 Å². The van der Waals surface area contributed by atoms with Gasteiger partial charge in [-0.2, -0.15) is 0 Å². The number of ether oxygens (including phenoxy) is 1. The monoisotopic (exact) mass is 425 g/mol. The lowest BCUT2D eigenvalue weighted by Crippen LogP contribution is -2.35. The van der Waals surface area contributed by atoms with Crippen LogP contribution >= 0.6 is 0 Å². The lowest BCUT2D eigenvalue weighted by molar-refractivity contribution is -0.128. The van der Waals surface area contributed by atoms with Crippen LogP contribution in [0.25, 0.3) is 0 Å². The minimum atomic E-state index is -0.650. The number of unbranched alkanes of at least 4 members (excludes halogenated alkanes) is 1. The van der Waals surface area contributed by atoms with Crippen LogP contribution in [0.3, 0.4) is 0 Å². The zero-order valence-electron chi connectivity index (χ0n) is 17.7. The van der Waals surface area contributed by atoms with Crippen molar-refractivity contribution in [3.63, 3.8) is 0 Å². The normalized spacial score (nSPS) is 12.5. The number of rotatable bonds is 13. The molecule has 0 aliphatic heterocycles. The Labute approximate surface area is 183 Å². The van der Waals surface area contributed by atoms with Gasteiger partial charge in [-0.15, -0.1) is 0 Å². The summed E-state index contributed by atoms with van der Waals surface area (Å²) < 4.78 is 5.14. The number of benzene rings is 2. The second kappa shape index (κ2) is 13.2. The van der Waals surface area contributed by atoms with Crippen LogP contribution in [0.15, 0.2) is 60.7 Å². The second-order valence-electron chi connectivity index (χ2n) is 7.55. The SMILES string of the molecule is NC(=O)C(CC(=O)[C@@H](N)CCCCNC(=O)OCc1ccccc1)Cc1ccccc1. The third kappa shape index (κ3) is 9.44. The summed E-state index contributed by atoms with van der Waals surface area (Å²) in [4.78, 5) is 35.9. The molecule has 2 aromatic rings. The van der Waals surface area contributed by atoms with Gasteiger partial charge in [0.15, 0.2) is 0 Å². The fourth-order valence-corrected chi connectivity index (χ4v) is 3.18. The van der Waals surface area contributed by atoms with Crippen molar-refractivity contribution in [2.24, 2.45) is 17.4 Å². The summed E-state index contributed by atoms with van der Waals surface area (Å²) in [5, 5.41) is 2.68. The van der Waals surface area contributed by atoms with Crippen LogP contribution in [-0.4, -0.2) is 30.4 Å². The molecule has 0 aliphatic rings. The number of amides is 2. The van der Waals surface area contributed by atoms with Gasteiger partial charge in [0.1, 0.15) is 12.4 Å². The van der Waals surface area contributed by atoms with E-state index in [0.717, 1.165) is 11.1 Å². The Morgan fingerprint density at radius 2 is 1.52 bits per heavy atom. The van der Waals surface area contributed by atoms with Crippen molar-refractivity contribution in [3.8, 4) is 0 Å². The molecule has 166 valence electrons. The van der Waals surface area contributed by atoms with Crippen LogP contribution in [0, 0.1) is 5.92 Å². The number of nitrogens with one attached hydrogen (secondary N) is 1. The zero-order chi connectivity index (χ0) is 22.5. The number of hydrogen-bond acceptors (Lipinski definition) is 5.